The zero-order valence-corrected chi connectivity index (χ0v) is 21.9. The molecule has 2 aromatic carbocycles. The van der Waals surface area contributed by atoms with E-state index in [1.165, 1.54) is 36.7 Å². The van der Waals surface area contributed by atoms with Crippen molar-refractivity contribution >= 4 is 17.7 Å². The number of likely N-dealkylation sites (tertiary alicyclic amines) is 1. The summed E-state index contributed by atoms with van der Waals surface area (Å²) in [6.45, 7) is 0.222. The minimum Gasteiger partial charge on any atom is -0.493 e. The third-order valence-corrected chi connectivity index (χ3v) is 6.76. The van der Waals surface area contributed by atoms with Crippen molar-refractivity contribution < 1.29 is 37.4 Å². The lowest BCUT2D eigenvalue weighted by atomic mass is 10.0. The van der Waals surface area contributed by atoms with E-state index in [1.807, 2.05) is 6.07 Å². The van der Waals surface area contributed by atoms with Gasteiger partial charge in [-0.15, -0.1) is 0 Å². The Morgan fingerprint density at radius 2 is 2.00 bits per heavy atom. The molecule has 1 saturated heterocycles. The van der Waals surface area contributed by atoms with Gasteiger partial charge in [0.15, 0.2) is 24.5 Å². The number of hydrogen-bond donors (Lipinski definition) is 2. The molecular weight excluding hydrogens is 523 g/mol. The highest BCUT2D eigenvalue weighted by molar-refractivity contribution is 5.91. The van der Waals surface area contributed by atoms with Crippen LogP contribution in [0.3, 0.4) is 0 Å². The Labute approximate surface area is 229 Å². The average molecular weight is 553 g/mol. The quantitative estimate of drug-likeness (QED) is 0.495. The van der Waals surface area contributed by atoms with Crippen molar-refractivity contribution in [3.05, 3.63) is 71.7 Å². The van der Waals surface area contributed by atoms with Gasteiger partial charge in [-0.3, -0.25) is 14.4 Å². The first-order valence-electron chi connectivity index (χ1n) is 12.9. The smallest absolute Gasteiger partial charge is 0.291 e. The maximum absolute atomic E-state index is 14.5. The van der Waals surface area contributed by atoms with Crippen LogP contribution in [-0.2, 0) is 22.6 Å². The van der Waals surface area contributed by atoms with Gasteiger partial charge in [0.1, 0.15) is 17.7 Å². The molecule has 3 aromatic rings. The zero-order valence-electron chi connectivity index (χ0n) is 21.9. The van der Waals surface area contributed by atoms with Crippen LogP contribution in [0.25, 0.3) is 0 Å². The summed E-state index contributed by atoms with van der Waals surface area (Å²) in [5.41, 5.74) is 1.35. The number of oxazole rings is 1. The van der Waals surface area contributed by atoms with Crippen LogP contribution in [-0.4, -0.2) is 66.6 Å². The standard InChI is InChI=1S/C28H29FN4O7/c1-37-23-4-2-17-3-5-26(34)31-12-18-8-19(29)11-20(9-18)40-22-6-7-33(28(36)25-13-30-16-39-25)14-21(22)32-27(35)15-38-24(23)10-17/h2,4,8-11,13,16,21-22H,3,5-7,12,14-15H2,1H3,(H,31,34)(H,32,35)/t21-,22-/m1/s1. The highest BCUT2D eigenvalue weighted by Crippen LogP contribution is 2.29. The SMILES string of the molecule is COc1ccc2cc1OCC(=O)N[C@@H]1CN(C(=O)c3cnco3)CC[C@H]1Oc1cc(F)cc(c1)CNC(=O)CC2. The minimum absolute atomic E-state index is 0.0815. The number of aromatic nitrogens is 1. The Bertz CT molecular complexity index is 1380. The average Bonchev–Trinajstić information content (AvgIpc) is 3.49. The topological polar surface area (TPSA) is 132 Å². The van der Waals surface area contributed by atoms with E-state index in [0.29, 0.717) is 36.4 Å². The van der Waals surface area contributed by atoms with E-state index in [-0.39, 0.29) is 49.4 Å². The second kappa shape index (κ2) is 12.1. The van der Waals surface area contributed by atoms with Crippen LogP contribution in [0.4, 0.5) is 4.39 Å². The molecule has 11 nitrogen and oxygen atoms in total. The van der Waals surface area contributed by atoms with Gasteiger partial charge in [-0.05, 0) is 41.8 Å². The highest BCUT2D eigenvalue weighted by Gasteiger charge is 2.35. The van der Waals surface area contributed by atoms with Crippen molar-refractivity contribution in [1.29, 1.82) is 0 Å². The van der Waals surface area contributed by atoms with E-state index in [9.17, 15) is 18.8 Å². The van der Waals surface area contributed by atoms with Crippen molar-refractivity contribution in [2.75, 3.05) is 26.8 Å². The summed E-state index contributed by atoms with van der Waals surface area (Å²) in [7, 11) is 1.50. The van der Waals surface area contributed by atoms with Gasteiger partial charge in [0.05, 0.1) is 19.3 Å². The van der Waals surface area contributed by atoms with Crippen molar-refractivity contribution in [3.63, 3.8) is 0 Å². The number of nitrogens with one attached hydrogen (secondary N) is 2. The van der Waals surface area contributed by atoms with E-state index in [2.05, 4.69) is 15.6 Å². The normalized spacial score (nSPS) is 20.0. The summed E-state index contributed by atoms with van der Waals surface area (Å²) in [6, 6.07) is 8.84. The molecule has 3 amide bonds. The summed E-state index contributed by atoms with van der Waals surface area (Å²) in [6.07, 6.45) is 2.90. The van der Waals surface area contributed by atoms with Gasteiger partial charge in [-0.1, -0.05) is 6.07 Å². The number of amides is 3. The van der Waals surface area contributed by atoms with Gasteiger partial charge in [0.2, 0.25) is 11.7 Å². The molecule has 2 aliphatic heterocycles. The predicted molar refractivity (Wildman–Crippen MR) is 138 cm³/mol. The number of nitrogens with zero attached hydrogens (tertiary/aromatic N) is 2. The van der Waals surface area contributed by atoms with E-state index in [0.717, 1.165) is 5.56 Å². The number of hydrogen-bond acceptors (Lipinski definition) is 8. The molecule has 0 unspecified atom stereocenters. The van der Waals surface area contributed by atoms with E-state index < -0.39 is 23.9 Å². The molecule has 5 rings (SSSR count). The number of methoxy groups -OCH3 is 1. The van der Waals surface area contributed by atoms with E-state index in [1.54, 1.807) is 18.2 Å². The maximum Gasteiger partial charge on any atom is 0.291 e. The number of carbonyl (C=O) groups excluding carboxylic acids is 3. The number of halogens is 1. The van der Waals surface area contributed by atoms with Gasteiger partial charge in [-0.2, -0.15) is 0 Å². The zero-order chi connectivity index (χ0) is 28.1. The monoisotopic (exact) mass is 552 g/mol. The number of benzene rings is 2. The van der Waals surface area contributed by atoms with Gasteiger partial charge in [0, 0.05) is 38.5 Å². The molecule has 2 N–H and O–H groups in total. The second-order valence-corrected chi connectivity index (χ2v) is 9.58. The molecule has 0 spiro atoms. The lowest BCUT2D eigenvalue weighted by Crippen LogP contribution is -2.58. The fourth-order valence-corrected chi connectivity index (χ4v) is 4.77. The minimum atomic E-state index is -0.643. The molecule has 12 heteroatoms. The van der Waals surface area contributed by atoms with Crippen LogP contribution in [0.1, 0.15) is 34.5 Å². The van der Waals surface area contributed by atoms with Crippen molar-refractivity contribution in [3.8, 4) is 17.2 Å². The fraction of sp³-hybridized carbons (Fsp3) is 0.357. The van der Waals surface area contributed by atoms with E-state index in [4.69, 9.17) is 18.6 Å². The number of ether oxygens (including phenoxy) is 3. The Kier molecular flexibility index (Phi) is 8.13. The first-order valence-corrected chi connectivity index (χ1v) is 12.9. The Hall–Kier alpha value is -4.61. The lowest BCUT2D eigenvalue weighted by Gasteiger charge is -2.38. The van der Waals surface area contributed by atoms with Crippen LogP contribution in [0.5, 0.6) is 17.2 Å². The van der Waals surface area contributed by atoms with Gasteiger partial charge in [-0.25, -0.2) is 9.37 Å². The molecule has 40 heavy (non-hydrogen) atoms. The van der Waals surface area contributed by atoms with Gasteiger partial charge < -0.3 is 34.2 Å². The summed E-state index contributed by atoms with van der Waals surface area (Å²) in [5.74, 6) is -0.396. The van der Waals surface area contributed by atoms with Crippen LogP contribution in [0.2, 0.25) is 0 Å². The predicted octanol–water partition coefficient (Wildman–Crippen LogP) is 2.24. The van der Waals surface area contributed by atoms with Crippen molar-refractivity contribution in [1.82, 2.24) is 20.5 Å². The van der Waals surface area contributed by atoms with E-state index >= 15 is 0 Å². The Morgan fingerprint density at radius 3 is 2.80 bits per heavy atom. The third kappa shape index (κ3) is 6.50. The molecule has 210 valence electrons. The molecule has 2 aliphatic rings. The van der Waals surface area contributed by atoms with Gasteiger partial charge >= 0.3 is 0 Å². The summed E-state index contributed by atoms with van der Waals surface area (Å²) < 4.78 is 36.9. The van der Waals surface area contributed by atoms with Crippen molar-refractivity contribution in [2.24, 2.45) is 0 Å². The van der Waals surface area contributed by atoms with Crippen LogP contribution in [0.15, 0.2) is 53.4 Å². The number of aryl methyl sites for hydroxylation is 1. The van der Waals surface area contributed by atoms with Crippen LogP contribution < -0.4 is 24.8 Å². The van der Waals surface area contributed by atoms with Crippen molar-refractivity contribution in [2.45, 2.75) is 38.0 Å². The number of fused-ring (bicyclic) bond motifs is 5. The Morgan fingerprint density at radius 1 is 1.12 bits per heavy atom. The number of piperidine rings is 1. The first-order chi connectivity index (χ1) is 19.4. The largest absolute Gasteiger partial charge is 0.493 e. The molecule has 1 fully saturated rings. The molecule has 2 atom stereocenters. The highest BCUT2D eigenvalue weighted by atomic mass is 19.1. The lowest BCUT2D eigenvalue weighted by molar-refractivity contribution is -0.125. The summed E-state index contributed by atoms with van der Waals surface area (Å²) >= 11 is 0. The molecule has 3 heterocycles. The summed E-state index contributed by atoms with van der Waals surface area (Å²) in [4.78, 5) is 43.8. The van der Waals surface area contributed by atoms with Crippen LogP contribution in [0, 0.1) is 5.82 Å². The Balaban J connectivity index is 1.41. The van der Waals surface area contributed by atoms with Crippen LogP contribution >= 0.6 is 0 Å². The van der Waals surface area contributed by atoms with Gasteiger partial charge in [0.25, 0.3) is 11.8 Å². The molecule has 0 saturated carbocycles. The fourth-order valence-electron chi connectivity index (χ4n) is 4.77. The molecule has 0 radical (unpaired) electrons. The first kappa shape index (κ1) is 27.0. The molecule has 0 aliphatic carbocycles. The molecule has 1 aromatic heterocycles. The maximum atomic E-state index is 14.5. The summed E-state index contributed by atoms with van der Waals surface area (Å²) in [5, 5.41) is 5.72. The third-order valence-electron chi connectivity index (χ3n) is 6.76. The molecule has 4 bridgehead atoms. The molecular formula is C28H29FN4O7. The number of rotatable bonds is 2. The number of carbonyl (C=O) groups is 3. The second-order valence-electron chi connectivity index (χ2n) is 9.58.